The summed E-state index contributed by atoms with van der Waals surface area (Å²) < 4.78 is 17.0. The first-order valence-electron chi connectivity index (χ1n) is 9.64. The first-order valence-corrected chi connectivity index (χ1v) is 9.64. The maximum Gasteiger partial charge on any atom is 0.350 e. The first-order chi connectivity index (χ1) is 14.8. The lowest BCUT2D eigenvalue weighted by molar-refractivity contribution is 0.0929. The molecule has 2 heterocycles. The number of para-hydroxylation sites is 1. The lowest BCUT2D eigenvalue weighted by Gasteiger charge is -2.14. The Bertz CT molecular complexity index is 1410. The van der Waals surface area contributed by atoms with Gasteiger partial charge >= 0.3 is 5.69 Å². The SMILES string of the molecule is Cc1cc2ccccc2n2c(=O)n(C[C@@H](C)NC(=O)c3ccc(C(N)=O)cc3F)nc12. The number of rotatable bonds is 5. The number of fused-ring (bicyclic) bond motifs is 3. The van der Waals surface area contributed by atoms with E-state index in [1.54, 1.807) is 11.3 Å². The molecular formula is C22H20FN5O3. The van der Waals surface area contributed by atoms with Gasteiger partial charge in [0, 0.05) is 11.6 Å². The van der Waals surface area contributed by atoms with Gasteiger partial charge in [-0.25, -0.2) is 18.3 Å². The van der Waals surface area contributed by atoms with E-state index >= 15 is 0 Å². The minimum Gasteiger partial charge on any atom is -0.366 e. The van der Waals surface area contributed by atoms with E-state index in [1.807, 2.05) is 37.3 Å². The average Bonchev–Trinajstić information content (AvgIpc) is 3.04. The van der Waals surface area contributed by atoms with Crippen molar-refractivity contribution in [3.05, 3.63) is 81.5 Å². The summed E-state index contributed by atoms with van der Waals surface area (Å²) >= 11 is 0. The number of carbonyl (C=O) groups is 2. The van der Waals surface area contributed by atoms with Crippen LogP contribution in [0.4, 0.5) is 4.39 Å². The van der Waals surface area contributed by atoms with Crippen molar-refractivity contribution in [2.24, 2.45) is 5.73 Å². The molecular weight excluding hydrogens is 401 g/mol. The Morgan fingerprint density at radius 2 is 1.94 bits per heavy atom. The highest BCUT2D eigenvalue weighted by atomic mass is 19.1. The largest absolute Gasteiger partial charge is 0.366 e. The van der Waals surface area contributed by atoms with Crippen molar-refractivity contribution >= 4 is 28.4 Å². The van der Waals surface area contributed by atoms with Crippen LogP contribution in [-0.4, -0.2) is 32.0 Å². The number of halogens is 1. The molecule has 0 aliphatic carbocycles. The molecule has 2 aromatic carbocycles. The summed E-state index contributed by atoms with van der Waals surface area (Å²) in [4.78, 5) is 36.6. The predicted octanol–water partition coefficient (Wildman–Crippen LogP) is 2.01. The van der Waals surface area contributed by atoms with Crippen molar-refractivity contribution in [3.8, 4) is 0 Å². The van der Waals surface area contributed by atoms with Crippen molar-refractivity contribution in [1.82, 2.24) is 19.5 Å². The van der Waals surface area contributed by atoms with E-state index in [9.17, 15) is 18.8 Å². The zero-order valence-corrected chi connectivity index (χ0v) is 16.9. The highest BCUT2D eigenvalue weighted by Crippen LogP contribution is 2.18. The topological polar surface area (TPSA) is 111 Å². The zero-order valence-electron chi connectivity index (χ0n) is 16.9. The van der Waals surface area contributed by atoms with E-state index in [2.05, 4.69) is 10.4 Å². The highest BCUT2D eigenvalue weighted by molar-refractivity contribution is 5.97. The van der Waals surface area contributed by atoms with Crippen LogP contribution in [0.5, 0.6) is 0 Å². The number of aryl methyl sites for hydroxylation is 1. The molecule has 0 bridgehead atoms. The molecule has 3 N–H and O–H groups in total. The van der Waals surface area contributed by atoms with Gasteiger partial charge in [0.25, 0.3) is 5.91 Å². The van der Waals surface area contributed by atoms with Crippen molar-refractivity contribution in [2.75, 3.05) is 0 Å². The van der Waals surface area contributed by atoms with Crippen LogP contribution in [0.3, 0.4) is 0 Å². The zero-order chi connectivity index (χ0) is 22.3. The van der Waals surface area contributed by atoms with Crippen molar-refractivity contribution < 1.29 is 14.0 Å². The van der Waals surface area contributed by atoms with E-state index in [0.717, 1.165) is 22.5 Å². The molecule has 2 aromatic heterocycles. The summed E-state index contributed by atoms with van der Waals surface area (Å²) in [5.74, 6) is -2.30. The number of benzene rings is 2. The van der Waals surface area contributed by atoms with Crippen molar-refractivity contribution in [3.63, 3.8) is 0 Å². The van der Waals surface area contributed by atoms with Gasteiger partial charge in [-0.05, 0) is 55.1 Å². The van der Waals surface area contributed by atoms with E-state index in [4.69, 9.17) is 5.73 Å². The fourth-order valence-electron chi connectivity index (χ4n) is 3.57. The van der Waals surface area contributed by atoms with E-state index in [0.29, 0.717) is 5.65 Å². The lowest BCUT2D eigenvalue weighted by Crippen LogP contribution is -2.38. The highest BCUT2D eigenvalue weighted by Gasteiger charge is 2.18. The number of pyridine rings is 1. The molecule has 1 atom stereocenters. The number of primary amides is 1. The Morgan fingerprint density at radius 3 is 2.65 bits per heavy atom. The van der Waals surface area contributed by atoms with Gasteiger partial charge in [0.05, 0.1) is 17.6 Å². The fraction of sp³-hybridized carbons (Fsp3) is 0.182. The average molecular weight is 421 g/mol. The van der Waals surface area contributed by atoms with Gasteiger partial charge in [-0.3, -0.25) is 9.59 Å². The molecule has 4 rings (SSSR count). The Labute approximate surface area is 176 Å². The van der Waals surface area contributed by atoms with Gasteiger partial charge < -0.3 is 11.1 Å². The molecule has 158 valence electrons. The van der Waals surface area contributed by atoms with Crippen molar-refractivity contribution in [2.45, 2.75) is 26.4 Å². The van der Waals surface area contributed by atoms with Crippen LogP contribution in [0.25, 0.3) is 16.6 Å². The number of aromatic nitrogens is 3. The molecule has 0 fully saturated rings. The molecule has 8 nitrogen and oxygen atoms in total. The molecule has 0 radical (unpaired) electrons. The number of nitrogens with one attached hydrogen (secondary N) is 1. The monoisotopic (exact) mass is 421 g/mol. The number of hydrogen-bond donors (Lipinski definition) is 2. The summed E-state index contributed by atoms with van der Waals surface area (Å²) in [6, 6.07) is 12.4. The maximum atomic E-state index is 14.2. The molecule has 4 aromatic rings. The van der Waals surface area contributed by atoms with Gasteiger partial charge in [0.1, 0.15) is 5.82 Å². The number of amides is 2. The second-order valence-corrected chi connectivity index (χ2v) is 7.44. The van der Waals surface area contributed by atoms with Crippen molar-refractivity contribution in [1.29, 1.82) is 0 Å². The van der Waals surface area contributed by atoms with Gasteiger partial charge in [-0.2, -0.15) is 0 Å². The summed E-state index contributed by atoms with van der Waals surface area (Å²) in [5, 5.41) is 8.00. The Kier molecular flexibility index (Phi) is 5.02. The number of carbonyl (C=O) groups excluding carboxylic acids is 2. The Balaban J connectivity index is 1.60. The molecule has 0 aliphatic heterocycles. The lowest BCUT2D eigenvalue weighted by atomic mass is 10.1. The van der Waals surface area contributed by atoms with Crippen LogP contribution in [-0.2, 0) is 6.54 Å². The third-order valence-electron chi connectivity index (χ3n) is 5.06. The second kappa shape index (κ2) is 7.67. The number of nitrogens with two attached hydrogens (primary N) is 1. The standard InChI is InChI=1S/C22H20FN5O3/c1-12-9-14-5-3-4-6-18(14)28-20(12)26-27(22(28)31)11-13(2)25-21(30)16-8-7-15(19(24)29)10-17(16)23/h3-10,13H,11H2,1-2H3,(H2,24,29)(H,25,30)/t13-/m1/s1. The molecule has 31 heavy (non-hydrogen) atoms. The summed E-state index contributed by atoms with van der Waals surface area (Å²) in [5.41, 5.74) is 6.68. The van der Waals surface area contributed by atoms with Crippen LogP contribution in [0.15, 0.2) is 53.3 Å². The molecule has 0 aliphatic rings. The van der Waals surface area contributed by atoms with E-state index < -0.39 is 23.7 Å². The van der Waals surface area contributed by atoms with Crippen LogP contribution in [0, 0.1) is 12.7 Å². The fourth-order valence-corrected chi connectivity index (χ4v) is 3.57. The maximum absolute atomic E-state index is 14.2. The van der Waals surface area contributed by atoms with Crippen LogP contribution in [0.1, 0.15) is 33.2 Å². The van der Waals surface area contributed by atoms with Gasteiger partial charge in [-0.1, -0.05) is 18.2 Å². The molecule has 0 saturated heterocycles. The smallest absolute Gasteiger partial charge is 0.350 e. The minimum atomic E-state index is -0.854. The van der Waals surface area contributed by atoms with Gasteiger partial charge in [0.15, 0.2) is 5.65 Å². The Hall–Kier alpha value is -4.01. The van der Waals surface area contributed by atoms with Crippen LogP contribution >= 0.6 is 0 Å². The molecule has 0 saturated carbocycles. The molecule has 0 unspecified atom stereocenters. The Morgan fingerprint density at radius 1 is 1.19 bits per heavy atom. The third kappa shape index (κ3) is 3.65. The first kappa shape index (κ1) is 20.3. The predicted molar refractivity (Wildman–Crippen MR) is 114 cm³/mol. The quantitative estimate of drug-likeness (QED) is 0.513. The van der Waals surface area contributed by atoms with Crippen LogP contribution < -0.4 is 16.7 Å². The van der Waals surface area contributed by atoms with Crippen LogP contribution in [0.2, 0.25) is 0 Å². The molecule has 2 amide bonds. The summed E-state index contributed by atoms with van der Waals surface area (Å²) in [6.45, 7) is 3.66. The number of nitrogens with zero attached hydrogens (tertiary/aromatic N) is 3. The van der Waals surface area contributed by atoms with Gasteiger partial charge in [-0.15, -0.1) is 5.10 Å². The normalized spacial score (nSPS) is 12.2. The third-order valence-corrected chi connectivity index (χ3v) is 5.06. The van der Waals surface area contributed by atoms with Gasteiger partial charge in [0.2, 0.25) is 5.91 Å². The minimum absolute atomic E-state index is 0.0269. The van der Waals surface area contributed by atoms with E-state index in [1.165, 1.54) is 16.8 Å². The summed E-state index contributed by atoms with van der Waals surface area (Å²) in [7, 11) is 0. The van der Waals surface area contributed by atoms with E-state index in [-0.39, 0.29) is 23.4 Å². The molecule has 9 heteroatoms. The number of hydrogen-bond acceptors (Lipinski definition) is 4. The second-order valence-electron chi connectivity index (χ2n) is 7.44. The summed E-state index contributed by atoms with van der Waals surface area (Å²) in [6.07, 6.45) is 0. The molecule has 0 spiro atoms.